The molecule has 0 radical (unpaired) electrons. The number of ether oxygens (including phenoxy) is 1. The largest absolute Gasteiger partial charge is 0.478 e. The van der Waals surface area contributed by atoms with Crippen molar-refractivity contribution in [1.82, 2.24) is 10.0 Å². The predicted octanol–water partition coefficient (Wildman–Crippen LogP) is 0.797. The van der Waals surface area contributed by atoms with Gasteiger partial charge in [0.2, 0.25) is 0 Å². The molecule has 3 heterocycles. The number of hydrogen-bond acceptors (Lipinski definition) is 6. The average molecular weight is 360 g/mol. The number of sulfonamides is 1. The molecule has 1 atom stereocenters. The Bertz CT molecular complexity index is 692. The topological polar surface area (TPSA) is 105 Å². The third-order valence-corrected chi connectivity index (χ3v) is 7.43. The lowest BCUT2D eigenvalue weighted by Crippen LogP contribution is -2.27. The number of carboxylic acid groups (broad SMARTS) is 1. The molecule has 2 aliphatic rings. The van der Waals surface area contributed by atoms with E-state index in [4.69, 9.17) is 4.74 Å². The summed E-state index contributed by atoms with van der Waals surface area (Å²) in [6, 6.07) is 0. The van der Waals surface area contributed by atoms with Gasteiger partial charge in [-0.2, -0.15) is 0 Å². The van der Waals surface area contributed by atoms with Gasteiger partial charge in [-0.25, -0.2) is 17.9 Å². The minimum Gasteiger partial charge on any atom is -0.478 e. The summed E-state index contributed by atoms with van der Waals surface area (Å²) < 4.78 is 32.8. The Morgan fingerprint density at radius 3 is 3.00 bits per heavy atom. The van der Waals surface area contributed by atoms with Crippen molar-refractivity contribution in [3.63, 3.8) is 0 Å². The molecule has 9 heteroatoms. The molecule has 1 saturated heterocycles. The number of thiophene rings is 1. The van der Waals surface area contributed by atoms with Gasteiger partial charge in [0.1, 0.15) is 4.21 Å². The highest BCUT2D eigenvalue weighted by molar-refractivity contribution is 7.91. The number of hydrogen-bond donors (Lipinski definition) is 3. The molecule has 0 aromatic carbocycles. The minimum atomic E-state index is -3.80. The van der Waals surface area contributed by atoms with Crippen LogP contribution in [0.25, 0.3) is 0 Å². The Balaban J connectivity index is 1.78. The second-order valence-electron chi connectivity index (χ2n) is 5.81. The van der Waals surface area contributed by atoms with Crippen molar-refractivity contribution < 1.29 is 23.1 Å². The number of fused-ring (bicyclic) bond motifs is 1. The maximum atomic E-state index is 12.5. The highest BCUT2D eigenvalue weighted by atomic mass is 32.2. The normalized spacial score (nSPS) is 21.3. The summed E-state index contributed by atoms with van der Waals surface area (Å²) in [5, 5.41) is 12.6. The van der Waals surface area contributed by atoms with Crippen LogP contribution < -0.4 is 10.0 Å². The van der Waals surface area contributed by atoms with E-state index in [2.05, 4.69) is 10.0 Å². The van der Waals surface area contributed by atoms with Crippen molar-refractivity contribution in [3.05, 3.63) is 16.0 Å². The molecule has 3 N–H and O–H groups in total. The molecule has 1 aromatic heterocycles. The Labute approximate surface area is 139 Å². The van der Waals surface area contributed by atoms with Gasteiger partial charge in [-0.15, -0.1) is 11.3 Å². The summed E-state index contributed by atoms with van der Waals surface area (Å²) in [7, 11) is -3.80. The first-order chi connectivity index (χ1) is 11.0. The quantitative estimate of drug-likeness (QED) is 0.693. The average Bonchev–Trinajstić information content (AvgIpc) is 3.13. The van der Waals surface area contributed by atoms with E-state index in [9.17, 15) is 18.3 Å². The van der Waals surface area contributed by atoms with Crippen LogP contribution in [0.4, 0.5) is 0 Å². The fourth-order valence-corrected chi connectivity index (χ4v) is 5.94. The van der Waals surface area contributed by atoms with Crippen LogP contribution in [0, 0.1) is 5.92 Å². The van der Waals surface area contributed by atoms with Crippen molar-refractivity contribution >= 4 is 27.3 Å². The van der Waals surface area contributed by atoms with Crippen LogP contribution in [0.1, 0.15) is 33.6 Å². The first-order valence-corrected chi connectivity index (χ1v) is 9.95. The van der Waals surface area contributed by atoms with E-state index in [1.54, 1.807) is 0 Å². The van der Waals surface area contributed by atoms with E-state index in [-0.39, 0.29) is 9.77 Å². The van der Waals surface area contributed by atoms with Gasteiger partial charge in [-0.05, 0) is 37.3 Å². The lowest BCUT2D eigenvalue weighted by molar-refractivity contribution is 0.0692. The Morgan fingerprint density at radius 1 is 1.48 bits per heavy atom. The number of carboxylic acids is 1. The fraction of sp³-hybridized carbons (Fsp3) is 0.643. The monoisotopic (exact) mass is 360 g/mol. The Kier molecular flexibility index (Phi) is 5.02. The lowest BCUT2D eigenvalue weighted by atomic mass is 10.1. The second kappa shape index (κ2) is 6.86. The van der Waals surface area contributed by atoms with Crippen LogP contribution in [0.2, 0.25) is 0 Å². The summed E-state index contributed by atoms with van der Waals surface area (Å²) >= 11 is 1.06. The molecule has 3 rings (SSSR count). The van der Waals surface area contributed by atoms with Crippen LogP contribution in [0.15, 0.2) is 4.21 Å². The van der Waals surface area contributed by atoms with Gasteiger partial charge in [0.25, 0.3) is 10.0 Å². The summed E-state index contributed by atoms with van der Waals surface area (Å²) in [4.78, 5) is 12.4. The van der Waals surface area contributed by atoms with E-state index in [0.29, 0.717) is 50.6 Å². The van der Waals surface area contributed by atoms with Gasteiger partial charge in [0.05, 0.1) is 5.56 Å². The maximum absolute atomic E-state index is 12.5. The Hall–Kier alpha value is -1.00. The van der Waals surface area contributed by atoms with Crippen LogP contribution in [0.5, 0.6) is 0 Å². The molecule has 2 aliphatic heterocycles. The molecule has 0 unspecified atom stereocenters. The molecule has 0 spiro atoms. The zero-order valence-corrected chi connectivity index (χ0v) is 14.3. The van der Waals surface area contributed by atoms with Gasteiger partial charge in [-0.3, -0.25) is 0 Å². The van der Waals surface area contributed by atoms with Crippen molar-refractivity contribution in [3.8, 4) is 0 Å². The summed E-state index contributed by atoms with van der Waals surface area (Å²) in [5.74, 6) is -0.800. The molecule has 128 valence electrons. The van der Waals surface area contributed by atoms with Crippen molar-refractivity contribution in [2.45, 2.75) is 30.0 Å². The summed E-state index contributed by atoms with van der Waals surface area (Å²) in [6.45, 7) is 2.89. The standard InChI is InChI=1S/C14H20N2O5S2/c17-13(18)12-10-2-4-15-7-11(10)22-14(12)23(19,20)16-5-1-9-3-6-21-8-9/h9,15-16H,1-8H2,(H,17,18)/t9-/m1/s1. The number of nitrogens with one attached hydrogen (secondary N) is 2. The third kappa shape index (κ3) is 3.58. The first-order valence-electron chi connectivity index (χ1n) is 7.65. The Morgan fingerprint density at radius 2 is 2.30 bits per heavy atom. The van der Waals surface area contributed by atoms with Gasteiger partial charge in [0, 0.05) is 31.2 Å². The SMILES string of the molecule is O=C(O)c1c(S(=O)(=O)NCC[C@@H]2CCOC2)sc2c1CCNC2. The van der Waals surface area contributed by atoms with E-state index in [0.717, 1.165) is 29.2 Å². The van der Waals surface area contributed by atoms with Crippen molar-refractivity contribution in [2.24, 2.45) is 5.92 Å². The predicted molar refractivity (Wildman–Crippen MR) is 85.4 cm³/mol. The van der Waals surface area contributed by atoms with Crippen LogP contribution in [0.3, 0.4) is 0 Å². The van der Waals surface area contributed by atoms with Gasteiger partial charge >= 0.3 is 5.97 Å². The molecule has 0 bridgehead atoms. The maximum Gasteiger partial charge on any atom is 0.338 e. The molecule has 1 aromatic rings. The van der Waals surface area contributed by atoms with E-state index in [1.165, 1.54) is 0 Å². The van der Waals surface area contributed by atoms with Crippen molar-refractivity contribution in [2.75, 3.05) is 26.3 Å². The molecular weight excluding hydrogens is 340 g/mol. The molecule has 1 fully saturated rings. The van der Waals surface area contributed by atoms with Crippen LogP contribution in [-0.4, -0.2) is 45.8 Å². The van der Waals surface area contributed by atoms with Crippen LogP contribution >= 0.6 is 11.3 Å². The lowest BCUT2D eigenvalue weighted by Gasteiger charge is -2.12. The van der Waals surface area contributed by atoms with E-state index in [1.807, 2.05) is 0 Å². The summed E-state index contributed by atoms with van der Waals surface area (Å²) in [6.07, 6.45) is 2.19. The molecule has 0 saturated carbocycles. The molecule has 23 heavy (non-hydrogen) atoms. The summed E-state index contributed by atoms with van der Waals surface area (Å²) in [5.41, 5.74) is 0.606. The number of rotatable bonds is 6. The van der Waals surface area contributed by atoms with Gasteiger partial charge in [-0.1, -0.05) is 0 Å². The highest BCUT2D eigenvalue weighted by Gasteiger charge is 2.31. The zero-order valence-electron chi connectivity index (χ0n) is 12.6. The van der Waals surface area contributed by atoms with Crippen LogP contribution in [-0.2, 0) is 27.7 Å². The molecule has 0 amide bonds. The smallest absolute Gasteiger partial charge is 0.338 e. The van der Waals surface area contributed by atoms with Crippen molar-refractivity contribution in [1.29, 1.82) is 0 Å². The first kappa shape index (κ1) is 16.8. The number of aromatic carboxylic acids is 1. The van der Waals surface area contributed by atoms with Gasteiger partial charge in [0.15, 0.2) is 0 Å². The third-order valence-electron chi connectivity index (χ3n) is 4.22. The van der Waals surface area contributed by atoms with E-state index >= 15 is 0 Å². The second-order valence-corrected chi connectivity index (χ2v) is 8.88. The minimum absolute atomic E-state index is 0.0526. The molecular formula is C14H20N2O5S2. The fourth-order valence-electron chi connectivity index (χ4n) is 2.99. The number of carbonyl (C=O) groups is 1. The van der Waals surface area contributed by atoms with Gasteiger partial charge < -0.3 is 15.2 Å². The molecule has 0 aliphatic carbocycles. The van der Waals surface area contributed by atoms with E-state index < -0.39 is 16.0 Å². The highest BCUT2D eigenvalue weighted by Crippen LogP contribution is 2.34. The zero-order chi connectivity index (χ0) is 16.4. The molecule has 7 nitrogen and oxygen atoms in total.